The number of hydrogen-bond donors (Lipinski definition) is 3. The van der Waals surface area contributed by atoms with Crippen LogP contribution in [0.4, 0.5) is 0 Å². The zero-order chi connectivity index (χ0) is 18.6. The number of carbonyl (C=O) groups excluding carboxylic acids is 2. The molecule has 1 aliphatic rings. The van der Waals surface area contributed by atoms with Crippen molar-refractivity contribution in [1.29, 1.82) is 0 Å². The van der Waals surface area contributed by atoms with Crippen LogP contribution in [0.25, 0.3) is 0 Å². The quantitative estimate of drug-likeness (QED) is 0.768. The molecule has 0 aliphatic carbocycles. The maximum atomic E-state index is 13.0. The predicted octanol–water partition coefficient (Wildman–Crippen LogP) is 1.45. The van der Waals surface area contributed by atoms with E-state index in [9.17, 15) is 19.8 Å². The molecule has 1 aliphatic heterocycles. The molecule has 0 saturated carbocycles. The van der Waals surface area contributed by atoms with Crippen LogP contribution < -0.4 is 5.32 Å². The second-order valence-electron chi connectivity index (χ2n) is 7.69. The van der Waals surface area contributed by atoms with Crippen molar-refractivity contribution >= 4 is 11.8 Å². The van der Waals surface area contributed by atoms with Crippen LogP contribution in [-0.2, 0) is 16.0 Å². The van der Waals surface area contributed by atoms with Gasteiger partial charge in [-0.1, -0.05) is 26.0 Å². The molecular weight excluding hydrogens is 320 g/mol. The lowest BCUT2D eigenvalue weighted by molar-refractivity contribution is -0.137. The Bertz CT molecular complexity index is 612. The summed E-state index contributed by atoms with van der Waals surface area (Å²) < 4.78 is 0. The summed E-state index contributed by atoms with van der Waals surface area (Å²) in [6.07, 6.45) is 1.14. The van der Waals surface area contributed by atoms with Crippen molar-refractivity contribution in [3.8, 4) is 5.75 Å². The number of aromatic hydroxyl groups is 1. The summed E-state index contributed by atoms with van der Waals surface area (Å²) in [4.78, 5) is 26.4. The van der Waals surface area contributed by atoms with Crippen LogP contribution in [-0.4, -0.2) is 52.2 Å². The van der Waals surface area contributed by atoms with Crippen molar-refractivity contribution in [2.75, 3.05) is 13.1 Å². The van der Waals surface area contributed by atoms with Crippen LogP contribution in [0.15, 0.2) is 24.3 Å². The number of aliphatic hydroxyl groups excluding tert-OH is 1. The van der Waals surface area contributed by atoms with E-state index in [1.165, 1.54) is 6.92 Å². The van der Waals surface area contributed by atoms with Gasteiger partial charge in [0.1, 0.15) is 11.8 Å². The van der Waals surface area contributed by atoms with Crippen LogP contribution in [0.2, 0.25) is 0 Å². The molecule has 2 atom stereocenters. The third-order valence-corrected chi connectivity index (χ3v) is 4.50. The Kier molecular flexibility index (Phi) is 6.06. The summed E-state index contributed by atoms with van der Waals surface area (Å²) in [6.45, 7) is 6.50. The van der Waals surface area contributed by atoms with Gasteiger partial charge in [-0.25, -0.2) is 0 Å². The monoisotopic (exact) mass is 348 g/mol. The minimum absolute atomic E-state index is 0.134. The molecule has 25 heavy (non-hydrogen) atoms. The first-order valence-corrected chi connectivity index (χ1v) is 8.68. The van der Waals surface area contributed by atoms with Gasteiger partial charge in [-0.15, -0.1) is 0 Å². The third kappa shape index (κ3) is 5.74. The number of rotatable bonds is 4. The maximum absolute atomic E-state index is 13.0. The van der Waals surface area contributed by atoms with E-state index in [2.05, 4.69) is 5.32 Å². The highest BCUT2D eigenvalue weighted by molar-refractivity contribution is 5.87. The molecule has 0 spiro atoms. The Labute approximate surface area is 148 Å². The Balaban J connectivity index is 2.16. The number of benzene rings is 1. The minimum atomic E-state index is -0.659. The van der Waals surface area contributed by atoms with E-state index < -0.39 is 12.1 Å². The highest BCUT2D eigenvalue weighted by Crippen LogP contribution is 2.28. The molecule has 2 amide bonds. The average molecular weight is 348 g/mol. The summed E-state index contributed by atoms with van der Waals surface area (Å²) in [5.41, 5.74) is 0.684. The smallest absolute Gasteiger partial charge is 0.245 e. The van der Waals surface area contributed by atoms with Crippen molar-refractivity contribution in [2.24, 2.45) is 5.41 Å². The zero-order valence-electron chi connectivity index (χ0n) is 15.2. The Morgan fingerprint density at radius 1 is 1.32 bits per heavy atom. The van der Waals surface area contributed by atoms with E-state index in [0.29, 0.717) is 32.4 Å². The third-order valence-electron chi connectivity index (χ3n) is 4.50. The molecule has 0 bridgehead atoms. The van der Waals surface area contributed by atoms with E-state index in [0.717, 1.165) is 5.56 Å². The van der Waals surface area contributed by atoms with Crippen LogP contribution in [0.1, 0.15) is 39.2 Å². The van der Waals surface area contributed by atoms with Gasteiger partial charge in [-0.2, -0.15) is 0 Å². The van der Waals surface area contributed by atoms with E-state index >= 15 is 0 Å². The molecule has 138 valence electrons. The van der Waals surface area contributed by atoms with Crippen molar-refractivity contribution in [1.82, 2.24) is 10.2 Å². The number of hydrogen-bond acceptors (Lipinski definition) is 4. The van der Waals surface area contributed by atoms with Crippen molar-refractivity contribution in [2.45, 2.75) is 52.2 Å². The molecule has 1 aromatic rings. The van der Waals surface area contributed by atoms with Crippen LogP contribution in [0.5, 0.6) is 5.75 Å². The molecule has 1 heterocycles. The van der Waals surface area contributed by atoms with E-state index in [-0.39, 0.29) is 23.0 Å². The fraction of sp³-hybridized carbons (Fsp3) is 0.579. The lowest BCUT2D eigenvalue weighted by Crippen LogP contribution is -2.51. The summed E-state index contributed by atoms with van der Waals surface area (Å²) in [7, 11) is 0. The number of carbonyl (C=O) groups is 2. The van der Waals surface area contributed by atoms with Crippen molar-refractivity contribution in [3.63, 3.8) is 0 Å². The molecular formula is C19H28N2O4. The molecule has 3 N–H and O–H groups in total. The normalized spacial score (nSPS) is 21.3. The number of phenols is 1. The summed E-state index contributed by atoms with van der Waals surface area (Å²) in [6, 6.07) is 5.96. The summed E-state index contributed by atoms with van der Waals surface area (Å²) in [5, 5.41) is 22.2. The number of nitrogens with zero attached hydrogens (tertiary/aromatic N) is 1. The first-order valence-electron chi connectivity index (χ1n) is 8.68. The number of phenolic OH excluding ortho intramolecular Hbond substituents is 1. The first kappa shape index (κ1) is 19.2. The molecule has 6 heteroatoms. The Morgan fingerprint density at radius 3 is 2.56 bits per heavy atom. The lowest BCUT2D eigenvalue weighted by Gasteiger charge is -2.32. The highest BCUT2D eigenvalue weighted by Gasteiger charge is 2.34. The predicted molar refractivity (Wildman–Crippen MR) is 95.0 cm³/mol. The largest absolute Gasteiger partial charge is 0.508 e. The van der Waals surface area contributed by atoms with Crippen LogP contribution >= 0.6 is 0 Å². The van der Waals surface area contributed by atoms with E-state index in [4.69, 9.17) is 0 Å². The van der Waals surface area contributed by atoms with Gasteiger partial charge in [0.05, 0.1) is 6.10 Å². The first-order chi connectivity index (χ1) is 11.7. The van der Waals surface area contributed by atoms with Gasteiger partial charge in [-0.3, -0.25) is 9.59 Å². The van der Waals surface area contributed by atoms with Gasteiger partial charge in [0, 0.05) is 26.4 Å². The second kappa shape index (κ2) is 7.87. The van der Waals surface area contributed by atoms with Crippen molar-refractivity contribution < 1.29 is 19.8 Å². The molecule has 1 aromatic carbocycles. The fourth-order valence-electron chi connectivity index (χ4n) is 3.43. The SMILES string of the molecule is CC(=O)NC(Cc1ccc(O)cc1)C(=O)N1CCC(O)CC(C)(C)C1. The number of nitrogens with one attached hydrogen (secondary N) is 1. The van der Waals surface area contributed by atoms with Crippen molar-refractivity contribution in [3.05, 3.63) is 29.8 Å². The number of likely N-dealkylation sites (tertiary alicyclic amines) is 1. The molecule has 0 aromatic heterocycles. The fourth-order valence-corrected chi connectivity index (χ4v) is 3.43. The second-order valence-corrected chi connectivity index (χ2v) is 7.69. The zero-order valence-corrected chi connectivity index (χ0v) is 15.2. The number of amides is 2. The van der Waals surface area contributed by atoms with Gasteiger partial charge < -0.3 is 20.4 Å². The molecule has 2 rings (SSSR count). The van der Waals surface area contributed by atoms with E-state index in [1.54, 1.807) is 29.2 Å². The Morgan fingerprint density at radius 2 is 1.96 bits per heavy atom. The highest BCUT2D eigenvalue weighted by atomic mass is 16.3. The van der Waals surface area contributed by atoms with Gasteiger partial charge >= 0.3 is 0 Å². The standard InChI is InChI=1S/C19H28N2O4/c1-13(22)20-17(10-14-4-6-15(23)7-5-14)18(25)21-9-8-16(24)11-19(2,3)12-21/h4-7,16-17,23-24H,8-12H2,1-3H3,(H,20,22). The van der Waals surface area contributed by atoms with Crippen LogP contribution in [0, 0.1) is 5.41 Å². The topological polar surface area (TPSA) is 89.9 Å². The maximum Gasteiger partial charge on any atom is 0.245 e. The van der Waals surface area contributed by atoms with Gasteiger partial charge in [0.2, 0.25) is 11.8 Å². The van der Waals surface area contributed by atoms with Crippen LogP contribution in [0.3, 0.4) is 0 Å². The molecule has 6 nitrogen and oxygen atoms in total. The minimum Gasteiger partial charge on any atom is -0.508 e. The van der Waals surface area contributed by atoms with E-state index in [1.807, 2.05) is 13.8 Å². The van der Waals surface area contributed by atoms with Gasteiger partial charge in [-0.05, 0) is 36.0 Å². The summed E-state index contributed by atoms with van der Waals surface area (Å²) in [5.74, 6) is -0.230. The molecule has 0 radical (unpaired) electrons. The Hall–Kier alpha value is -2.08. The van der Waals surface area contributed by atoms with Gasteiger partial charge in [0.15, 0.2) is 0 Å². The average Bonchev–Trinajstić information content (AvgIpc) is 2.64. The molecule has 1 fully saturated rings. The molecule has 2 unspecified atom stereocenters. The lowest BCUT2D eigenvalue weighted by atomic mass is 9.87. The molecule has 1 saturated heterocycles. The number of aliphatic hydroxyl groups is 1. The van der Waals surface area contributed by atoms with Gasteiger partial charge in [0.25, 0.3) is 0 Å². The summed E-state index contributed by atoms with van der Waals surface area (Å²) >= 11 is 0.